The Morgan fingerprint density at radius 1 is 1.03 bits per heavy atom. The number of carbonyl (C=O) groups excluding carboxylic acids is 1. The third-order valence-corrected chi connectivity index (χ3v) is 6.23. The maximum Gasteiger partial charge on any atom is 0.335 e. The fraction of sp³-hybridized carbons (Fsp3) is 0.391. The van der Waals surface area contributed by atoms with E-state index in [1.807, 2.05) is 23.1 Å². The van der Waals surface area contributed by atoms with Crippen LogP contribution in [0.3, 0.4) is 0 Å². The van der Waals surface area contributed by atoms with Crippen LogP contribution >= 0.6 is 0 Å². The molecule has 2 fully saturated rings. The van der Waals surface area contributed by atoms with Gasteiger partial charge >= 0.3 is 5.97 Å². The van der Waals surface area contributed by atoms with Crippen LogP contribution in [0.2, 0.25) is 0 Å². The smallest absolute Gasteiger partial charge is 0.335 e. The lowest BCUT2D eigenvalue weighted by Crippen LogP contribution is -2.44. The van der Waals surface area contributed by atoms with Crippen LogP contribution in [0, 0.1) is 5.92 Å². The molecule has 160 valence electrons. The average molecular weight is 419 g/mol. The number of rotatable bonds is 4. The lowest BCUT2D eigenvalue weighted by Gasteiger charge is -2.34. The molecule has 8 heteroatoms. The quantitative estimate of drug-likeness (QED) is 0.673. The summed E-state index contributed by atoms with van der Waals surface area (Å²) in [5.74, 6) is 0.746. The zero-order chi connectivity index (χ0) is 21.4. The molecule has 1 aromatic carbocycles. The van der Waals surface area contributed by atoms with Gasteiger partial charge in [-0.3, -0.25) is 4.79 Å². The molecule has 0 radical (unpaired) electrons. The van der Waals surface area contributed by atoms with Crippen molar-refractivity contribution in [3.8, 4) is 11.4 Å². The van der Waals surface area contributed by atoms with E-state index in [4.69, 9.17) is 4.98 Å². The molecular weight excluding hydrogens is 394 g/mol. The van der Waals surface area contributed by atoms with Crippen molar-refractivity contribution in [1.29, 1.82) is 0 Å². The summed E-state index contributed by atoms with van der Waals surface area (Å²) in [5.41, 5.74) is 2.30. The van der Waals surface area contributed by atoms with Crippen molar-refractivity contribution < 1.29 is 14.7 Å². The zero-order valence-electron chi connectivity index (χ0n) is 17.3. The summed E-state index contributed by atoms with van der Waals surface area (Å²) in [6, 6.07) is 10.6. The van der Waals surface area contributed by atoms with Crippen LogP contribution in [-0.4, -0.2) is 63.0 Å². The third-order valence-electron chi connectivity index (χ3n) is 6.23. The van der Waals surface area contributed by atoms with E-state index >= 15 is 0 Å². The topological polar surface area (TPSA) is 102 Å². The van der Waals surface area contributed by atoms with Gasteiger partial charge in [0.05, 0.1) is 17.0 Å². The van der Waals surface area contributed by atoms with Gasteiger partial charge in [0.1, 0.15) is 11.6 Å². The molecule has 2 aliphatic heterocycles. The van der Waals surface area contributed by atoms with E-state index in [1.54, 1.807) is 18.2 Å². The maximum atomic E-state index is 12.8. The highest BCUT2D eigenvalue weighted by molar-refractivity contribution is 5.89. The summed E-state index contributed by atoms with van der Waals surface area (Å²) in [4.78, 5) is 40.9. The number of aromatic carboxylic acids is 1. The molecule has 1 unspecified atom stereocenters. The number of aromatic amines is 1. The van der Waals surface area contributed by atoms with Gasteiger partial charge in [0.2, 0.25) is 5.91 Å². The summed E-state index contributed by atoms with van der Waals surface area (Å²) in [6.07, 6.45) is 4.12. The van der Waals surface area contributed by atoms with Crippen molar-refractivity contribution >= 4 is 28.9 Å². The van der Waals surface area contributed by atoms with Gasteiger partial charge in [-0.2, -0.15) is 0 Å². The highest BCUT2D eigenvalue weighted by Gasteiger charge is 2.31. The van der Waals surface area contributed by atoms with E-state index in [-0.39, 0.29) is 17.4 Å². The zero-order valence-corrected chi connectivity index (χ0v) is 17.3. The molecule has 1 atom stereocenters. The number of fused-ring (bicyclic) bond motifs is 1. The van der Waals surface area contributed by atoms with Crippen LogP contribution in [-0.2, 0) is 4.79 Å². The number of anilines is 1. The van der Waals surface area contributed by atoms with E-state index in [9.17, 15) is 14.7 Å². The Kier molecular flexibility index (Phi) is 5.05. The molecule has 0 saturated carbocycles. The molecular formula is C23H25N5O3. The first-order valence-electron chi connectivity index (χ1n) is 10.8. The summed E-state index contributed by atoms with van der Waals surface area (Å²) < 4.78 is 0. The minimum atomic E-state index is -0.971. The lowest BCUT2D eigenvalue weighted by molar-refractivity contribution is -0.134. The number of carbonyl (C=O) groups is 2. The second kappa shape index (κ2) is 8.02. The number of hydrogen-bond acceptors (Lipinski definition) is 5. The SMILES string of the molecule is O=C(O)c1cccc(-c2nc3nc(N4CCCC(C(=O)N5CCCC5)C4)ccc3[nH]2)c1. The number of benzene rings is 1. The normalized spacial score (nSPS) is 19.2. The Morgan fingerprint density at radius 2 is 1.87 bits per heavy atom. The number of pyridine rings is 1. The molecule has 8 nitrogen and oxygen atoms in total. The van der Waals surface area contributed by atoms with Crippen molar-refractivity contribution in [3.63, 3.8) is 0 Å². The molecule has 3 aromatic rings. The summed E-state index contributed by atoms with van der Waals surface area (Å²) >= 11 is 0. The number of nitrogens with zero attached hydrogens (tertiary/aromatic N) is 4. The first kappa shape index (κ1) is 19.5. The van der Waals surface area contributed by atoms with Gasteiger partial charge in [0.25, 0.3) is 0 Å². The van der Waals surface area contributed by atoms with Gasteiger partial charge in [-0.05, 0) is 49.9 Å². The Morgan fingerprint density at radius 3 is 2.68 bits per heavy atom. The van der Waals surface area contributed by atoms with Crippen LogP contribution in [0.25, 0.3) is 22.6 Å². The Hall–Kier alpha value is -3.42. The largest absolute Gasteiger partial charge is 0.478 e. The minimum absolute atomic E-state index is 0.0258. The molecule has 1 amide bonds. The molecule has 0 spiro atoms. The van der Waals surface area contributed by atoms with Crippen molar-refractivity contribution in [2.75, 3.05) is 31.1 Å². The van der Waals surface area contributed by atoms with Crippen LogP contribution in [0.5, 0.6) is 0 Å². The maximum absolute atomic E-state index is 12.8. The fourth-order valence-electron chi connectivity index (χ4n) is 4.58. The summed E-state index contributed by atoms with van der Waals surface area (Å²) in [6.45, 7) is 3.34. The van der Waals surface area contributed by atoms with E-state index in [1.165, 1.54) is 0 Å². The number of H-pyrrole nitrogens is 1. The van der Waals surface area contributed by atoms with Crippen LogP contribution in [0.15, 0.2) is 36.4 Å². The highest BCUT2D eigenvalue weighted by Crippen LogP contribution is 2.27. The molecule has 0 bridgehead atoms. The predicted octanol–water partition coefficient (Wildman–Crippen LogP) is 3.16. The number of piperidine rings is 1. The first-order chi connectivity index (χ1) is 15.1. The third kappa shape index (κ3) is 3.85. The first-order valence-corrected chi connectivity index (χ1v) is 10.8. The van der Waals surface area contributed by atoms with Crippen LogP contribution < -0.4 is 4.90 Å². The molecule has 2 saturated heterocycles. The lowest BCUT2D eigenvalue weighted by atomic mass is 9.96. The number of imidazole rings is 1. The second-order valence-corrected chi connectivity index (χ2v) is 8.33. The van der Waals surface area contributed by atoms with Gasteiger partial charge in [0.15, 0.2) is 5.65 Å². The number of likely N-dealkylation sites (tertiary alicyclic amines) is 1. The number of aromatic nitrogens is 3. The Bertz CT molecular complexity index is 1140. The second-order valence-electron chi connectivity index (χ2n) is 8.33. The molecule has 0 aliphatic carbocycles. The highest BCUT2D eigenvalue weighted by atomic mass is 16.4. The van der Waals surface area contributed by atoms with E-state index in [0.29, 0.717) is 23.6 Å². The minimum Gasteiger partial charge on any atom is -0.478 e. The summed E-state index contributed by atoms with van der Waals surface area (Å²) in [7, 11) is 0. The van der Waals surface area contributed by atoms with Crippen molar-refractivity contribution in [2.45, 2.75) is 25.7 Å². The van der Waals surface area contributed by atoms with Gasteiger partial charge < -0.3 is 19.9 Å². The number of amides is 1. The number of carboxylic acids is 1. The van der Waals surface area contributed by atoms with Gasteiger partial charge in [-0.1, -0.05) is 12.1 Å². The number of hydrogen-bond donors (Lipinski definition) is 2. The van der Waals surface area contributed by atoms with Gasteiger partial charge in [0, 0.05) is 31.7 Å². The van der Waals surface area contributed by atoms with Crippen molar-refractivity contribution in [3.05, 3.63) is 42.0 Å². The van der Waals surface area contributed by atoms with Crippen molar-refractivity contribution in [1.82, 2.24) is 19.9 Å². The average Bonchev–Trinajstić information content (AvgIpc) is 3.48. The van der Waals surface area contributed by atoms with Crippen LogP contribution in [0.1, 0.15) is 36.0 Å². The Labute approximate surface area is 179 Å². The number of carboxylic acid groups (broad SMARTS) is 1. The monoisotopic (exact) mass is 419 g/mol. The van der Waals surface area contributed by atoms with E-state index < -0.39 is 5.97 Å². The fourth-order valence-corrected chi connectivity index (χ4v) is 4.58. The van der Waals surface area contributed by atoms with E-state index in [2.05, 4.69) is 14.9 Å². The van der Waals surface area contributed by atoms with Crippen LogP contribution in [0.4, 0.5) is 5.82 Å². The predicted molar refractivity (Wildman–Crippen MR) is 117 cm³/mol. The van der Waals surface area contributed by atoms with Gasteiger partial charge in [-0.25, -0.2) is 14.8 Å². The Balaban J connectivity index is 1.38. The molecule has 31 heavy (non-hydrogen) atoms. The molecule has 5 rings (SSSR count). The van der Waals surface area contributed by atoms with Crippen molar-refractivity contribution in [2.24, 2.45) is 5.92 Å². The molecule has 4 heterocycles. The molecule has 2 N–H and O–H groups in total. The van der Waals surface area contributed by atoms with E-state index in [0.717, 1.165) is 56.7 Å². The molecule has 2 aliphatic rings. The van der Waals surface area contributed by atoms with Gasteiger partial charge in [-0.15, -0.1) is 0 Å². The summed E-state index contributed by atoms with van der Waals surface area (Å²) in [5, 5.41) is 9.23. The standard InChI is InChI=1S/C23H25N5O3/c29-22(27-10-1-2-11-27)17-7-4-12-28(14-17)19-9-8-18-21(25-19)26-20(24-18)15-5-3-6-16(13-15)23(30)31/h3,5-6,8-9,13,17H,1-2,4,7,10-12,14H2,(H,30,31)(H,24,25,26). The number of nitrogens with one attached hydrogen (secondary N) is 1. The molecule has 2 aromatic heterocycles.